The van der Waals surface area contributed by atoms with Crippen LogP contribution in [0.15, 0.2) is 0 Å². The summed E-state index contributed by atoms with van der Waals surface area (Å²) in [7, 11) is 0. The molecule has 24 nitrogen and oxygen atoms in total. The Labute approximate surface area is 524 Å². The monoisotopic (exact) mass is 1260 g/mol. The summed E-state index contributed by atoms with van der Waals surface area (Å²) >= 11 is 11.9. The Hall–Kier alpha value is -5.66. The van der Waals surface area contributed by atoms with Crippen molar-refractivity contribution in [3.8, 4) is 0 Å². The van der Waals surface area contributed by atoms with Gasteiger partial charge < -0.3 is 63.6 Å². The minimum atomic E-state index is 0. The minimum Gasteiger partial charge on any atom is -0.382 e. The van der Waals surface area contributed by atoms with Crippen molar-refractivity contribution in [2.45, 2.75) is 168 Å². The Balaban J connectivity index is 0. The summed E-state index contributed by atoms with van der Waals surface area (Å²) in [6.07, 6.45) is 11.1. The zero-order valence-corrected chi connectivity index (χ0v) is 55.0. The first-order chi connectivity index (χ1) is 39.4. The van der Waals surface area contributed by atoms with E-state index in [-0.39, 0.29) is 42.8 Å². The summed E-state index contributed by atoms with van der Waals surface area (Å²) < 4.78 is 4.83. The number of nitrogens with one attached hydrogen (secondary N) is 10. The summed E-state index contributed by atoms with van der Waals surface area (Å²) in [5.41, 5.74) is 9.14. The maximum Gasteiger partial charge on any atom is 0.225 e. The maximum atomic E-state index is 5.97. The van der Waals surface area contributed by atoms with Gasteiger partial charge in [0.15, 0.2) is 34.9 Å². The Morgan fingerprint density at radius 2 is 0.464 bits per heavy atom. The minimum absolute atomic E-state index is 0. The smallest absolute Gasteiger partial charge is 0.225 e. The molecular formula is C56H105Cl4N23O. The molecule has 6 heterocycles. The van der Waals surface area contributed by atoms with Crippen molar-refractivity contribution in [3.05, 3.63) is 10.6 Å². The van der Waals surface area contributed by atoms with Crippen molar-refractivity contribution in [1.82, 2.24) is 59.8 Å². The molecule has 0 aliphatic carbocycles. The molecular weight excluding hydrogens is 1150 g/mol. The van der Waals surface area contributed by atoms with Crippen LogP contribution in [0.5, 0.6) is 0 Å². The highest BCUT2D eigenvalue weighted by Gasteiger charge is 2.19. The lowest BCUT2D eigenvalue weighted by molar-refractivity contribution is 0.162. The number of hydrogen-bond acceptors (Lipinski definition) is 24. The van der Waals surface area contributed by atoms with E-state index in [0.29, 0.717) is 46.5 Å². The number of aromatic nitrogens is 12. The highest BCUT2D eigenvalue weighted by atomic mass is 35.5. The molecule has 6 rings (SSSR count). The molecule has 0 bridgehead atoms. The van der Waals surface area contributed by atoms with Crippen LogP contribution >= 0.6 is 48.0 Å². The third-order valence-electron chi connectivity index (χ3n) is 10.7. The molecule has 0 saturated carbocycles. The number of anilines is 10. The number of hydrogen-bond donors (Lipinski definition) is 11. The second-order valence-corrected chi connectivity index (χ2v) is 18.9. The predicted molar refractivity (Wildman–Crippen MR) is 366 cm³/mol. The molecule has 0 aliphatic heterocycles. The van der Waals surface area contributed by atoms with Crippen molar-refractivity contribution in [2.24, 2.45) is 5.73 Å². The lowest BCUT2D eigenvalue weighted by Crippen LogP contribution is -2.13. The van der Waals surface area contributed by atoms with Crippen molar-refractivity contribution in [2.75, 3.05) is 138 Å². The SMILES string of the molecule is C.CCCN.CCCNc1nc(Cl)nc2c(NCCC)nc(Cl)nc12.CCCNc1nc(NCCC)c2nc(NCCC)nc(NCCC)c2n1.CCCNc1nc(NCCC)c2nc(NCCC)nc(NCCC)c2n1.CCOCC.Cl.Cl. The van der Waals surface area contributed by atoms with Gasteiger partial charge >= 0.3 is 0 Å². The molecule has 0 saturated heterocycles. The molecule has 12 N–H and O–H groups in total. The van der Waals surface area contributed by atoms with E-state index in [2.05, 4.69) is 189 Å². The third kappa shape index (κ3) is 29.4. The Kier molecular flexibility index (Phi) is 47.5. The Morgan fingerprint density at radius 1 is 0.286 bits per heavy atom. The normalized spacial score (nSPS) is 10.1. The average Bonchev–Trinajstić information content (AvgIpc) is 2.92. The van der Waals surface area contributed by atoms with Gasteiger partial charge in [-0.05, 0) is 114 Å². The van der Waals surface area contributed by atoms with Crippen LogP contribution in [0, 0.1) is 0 Å². The highest BCUT2D eigenvalue weighted by Crippen LogP contribution is 2.30. The van der Waals surface area contributed by atoms with Crippen LogP contribution in [0.1, 0.15) is 168 Å². The molecule has 6 aromatic rings. The van der Waals surface area contributed by atoms with E-state index >= 15 is 0 Å². The van der Waals surface area contributed by atoms with Crippen LogP contribution in [-0.4, -0.2) is 145 Å². The summed E-state index contributed by atoms with van der Waals surface area (Å²) in [6.45, 7) is 37.8. The fourth-order valence-electron chi connectivity index (χ4n) is 6.66. The van der Waals surface area contributed by atoms with E-state index < -0.39 is 0 Å². The van der Waals surface area contributed by atoms with E-state index in [1.54, 1.807) is 0 Å². The topological polar surface area (TPSA) is 310 Å². The van der Waals surface area contributed by atoms with Crippen LogP contribution in [0.3, 0.4) is 0 Å². The molecule has 0 spiro atoms. The lowest BCUT2D eigenvalue weighted by atomic mass is 10.3. The number of rotatable bonds is 33. The van der Waals surface area contributed by atoms with Gasteiger partial charge in [-0.2, -0.15) is 29.9 Å². The first-order valence-corrected chi connectivity index (χ1v) is 30.5. The van der Waals surface area contributed by atoms with Gasteiger partial charge in [0.2, 0.25) is 34.4 Å². The molecule has 0 aliphatic rings. The third-order valence-corrected chi connectivity index (χ3v) is 11.0. The maximum absolute atomic E-state index is 5.97. The van der Waals surface area contributed by atoms with Gasteiger partial charge in [0.25, 0.3) is 0 Å². The Bertz CT molecular complexity index is 2350. The van der Waals surface area contributed by atoms with Gasteiger partial charge in [-0.1, -0.05) is 83.6 Å². The zero-order valence-electron chi connectivity index (χ0n) is 51.9. The van der Waals surface area contributed by atoms with Crippen molar-refractivity contribution >= 4 is 140 Å². The first-order valence-electron chi connectivity index (χ1n) is 29.7. The van der Waals surface area contributed by atoms with Crippen LogP contribution in [0.25, 0.3) is 33.1 Å². The van der Waals surface area contributed by atoms with Gasteiger partial charge in [-0.25, -0.2) is 29.9 Å². The standard InChI is InChI=1S/2C18H32N8.C12H16Cl2N6.C4H10O.C3H9N.CH4.2ClH/c2*1-5-9-19-15-13-14(24-17(25-15)21-11-7-3)16(20-10-6-2)26-18(23-13)22-12-8-4;1-3-5-15-9-7-8(18-11(13)19-9)10(16-6-4-2)20-12(14)17-7;1-3-5-4-2;1-2-3-4;;;/h2*5-12H2,1-4H3,(H2,19,21,24,25)(H2,20,22,23,26);3-6H2,1-2H3,(H,15,18,19)(H,16,17,20);3-4H2,1-2H3;2-4H2,1H3;1H4;2*1H. The van der Waals surface area contributed by atoms with Crippen molar-refractivity contribution in [3.63, 3.8) is 0 Å². The number of fused-ring (bicyclic) bond motifs is 3. The molecule has 28 heteroatoms. The summed E-state index contributed by atoms with van der Waals surface area (Å²) in [6, 6.07) is 0. The lowest BCUT2D eigenvalue weighted by Gasteiger charge is -2.15. The number of ether oxygens (including phenoxy) is 1. The molecule has 0 unspecified atom stereocenters. The Morgan fingerprint density at radius 3 is 0.631 bits per heavy atom. The van der Waals surface area contributed by atoms with E-state index in [9.17, 15) is 0 Å². The second kappa shape index (κ2) is 49.6. The fourth-order valence-corrected chi connectivity index (χ4v) is 7.00. The van der Waals surface area contributed by atoms with Crippen LogP contribution in [-0.2, 0) is 4.74 Å². The van der Waals surface area contributed by atoms with Crippen LogP contribution < -0.4 is 58.9 Å². The van der Waals surface area contributed by atoms with E-state index in [4.69, 9.17) is 33.7 Å². The molecule has 6 aromatic heterocycles. The number of nitrogens with two attached hydrogens (primary N) is 1. The first kappa shape index (κ1) is 80.4. The van der Waals surface area contributed by atoms with Gasteiger partial charge in [-0.3, -0.25) is 0 Å². The largest absolute Gasteiger partial charge is 0.382 e. The summed E-state index contributed by atoms with van der Waals surface area (Å²) in [5, 5.41) is 33.3. The fraction of sp³-hybridized carbons (Fsp3) is 0.679. The number of halogens is 4. The zero-order chi connectivity index (χ0) is 59.6. The molecule has 0 atom stereocenters. The van der Waals surface area contributed by atoms with E-state index in [1.807, 2.05) is 13.8 Å². The molecule has 0 radical (unpaired) electrons. The van der Waals surface area contributed by atoms with Crippen LogP contribution in [0.2, 0.25) is 10.6 Å². The second-order valence-electron chi connectivity index (χ2n) is 18.2. The average molecular weight is 1260 g/mol. The molecule has 478 valence electrons. The summed E-state index contributed by atoms with van der Waals surface area (Å²) in [5.74, 6) is 6.57. The van der Waals surface area contributed by atoms with E-state index in [0.717, 1.165) is 201 Å². The number of nitrogens with zero attached hydrogens (tertiary/aromatic N) is 12. The highest BCUT2D eigenvalue weighted by molar-refractivity contribution is 6.30. The molecule has 0 aromatic carbocycles. The van der Waals surface area contributed by atoms with Crippen molar-refractivity contribution in [1.29, 1.82) is 0 Å². The molecule has 0 fully saturated rings. The van der Waals surface area contributed by atoms with E-state index in [1.165, 1.54) is 0 Å². The van der Waals surface area contributed by atoms with Crippen molar-refractivity contribution < 1.29 is 4.74 Å². The molecule has 0 amide bonds. The van der Waals surface area contributed by atoms with Gasteiger partial charge in [-0.15, -0.1) is 24.8 Å². The quantitative estimate of drug-likeness (QED) is 0.0171. The van der Waals surface area contributed by atoms with Gasteiger partial charge in [0.1, 0.15) is 33.1 Å². The molecule has 84 heavy (non-hydrogen) atoms. The van der Waals surface area contributed by atoms with Gasteiger partial charge in [0.05, 0.1) is 0 Å². The predicted octanol–water partition coefficient (Wildman–Crippen LogP) is 13.7. The summed E-state index contributed by atoms with van der Waals surface area (Å²) in [4.78, 5) is 54.0. The van der Waals surface area contributed by atoms with Gasteiger partial charge in [0, 0.05) is 78.7 Å². The van der Waals surface area contributed by atoms with Crippen LogP contribution in [0.4, 0.5) is 58.7 Å².